The van der Waals surface area contributed by atoms with Crippen LogP contribution >= 0.6 is 11.5 Å². The Balaban J connectivity index is 2.09. The molecule has 0 aromatic carbocycles. The Bertz CT molecular complexity index is 467. The molecule has 1 atom stereocenters. The zero-order valence-corrected chi connectivity index (χ0v) is 13.2. The molecule has 0 radical (unpaired) electrons. The predicted molar refractivity (Wildman–Crippen MR) is 83.5 cm³/mol. The highest BCUT2D eigenvalue weighted by atomic mass is 32.1. The van der Waals surface area contributed by atoms with Crippen LogP contribution in [-0.4, -0.2) is 54.4 Å². The molecule has 0 aliphatic carbocycles. The van der Waals surface area contributed by atoms with E-state index in [1.165, 1.54) is 11.5 Å². The molecule has 2 heterocycles. The number of piperazine rings is 1. The van der Waals surface area contributed by atoms with E-state index in [-0.39, 0.29) is 5.91 Å². The van der Waals surface area contributed by atoms with Crippen molar-refractivity contribution in [1.82, 2.24) is 14.6 Å². The lowest BCUT2D eigenvalue weighted by Crippen LogP contribution is -2.49. The lowest BCUT2D eigenvalue weighted by Gasteiger charge is -2.38. The molecular weight excluding hydrogens is 274 g/mol. The van der Waals surface area contributed by atoms with Gasteiger partial charge in [-0.25, -0.2) is 0 Å². The summed E-state index contributed by atoms with van der Waals surface area (Å²) in [6.45, 7) is 8.33. The summed E-state index contributed by atoms with van der Waals surface area (Å²) in [5, 5.41) is 3.53. The number of aromatic nitrogens is 1. The van der Waals surface area contributed by atoms with E-state index in [9.17, 15) is 4.79 Å². The van der Waals surface area contributed by atoms with E-state index in [2.05, 4.69) is 33.3 Å². The first kappa shape index (κ1) is 15.1. The first-order chi connectivity index (χ1) is 9.58. The minimum absolute atomic E-state index is 0.157. The molecule has 1 aromatic heterocycles. The van der Waals surface area contributed by atoms with Crippen LogP contribution < -0.4 is 16.0 Å². The van der Waals surface area contributed by atoms with Crippen LogP contribution in [0.2, 0.25) is 0 Å². The lowest BCUT2D eigenvalue weighted by atomic mass is 10.2. The number of carbonyl (C=O) groups is 1. The van der Waals surface area contributed by atoms with Crippen molar-refractivity contribution in [3.8, 4) is 0 Å². The molecule has 1 unspecified atom stereocenters. The first-order valence-electron chi connectivity index (χ1n) is 7.04. The van der Waals surface area contributed by atoms with E-state index in [1.807, 2.05) is 0 Å². The maximum Gasteiger partial charge on any atom is 0.257 e. The number of rotatable bonds is 4. The van der Waals surface area contributed by atoms with Gasteiger partial charge in [-0.3, -0.25) is 9.69 Å². The number of carbonyl (C=O) groups excluding carboxylic acids is 1. The molecule has 1 saturated heterocycles. The van der Waals surface area contributed by atoms with Gasteiger partial charge in [0.15, 0.2) is 5.82 Å². The van der Waals surface area contributed by atoms with Crippen LogP contribution in [-0.2, 0) is 0 Å². The van der Waals surface area contributed by atoms with Crippen molar-refractivity contribution in [2.75, 3.05) is 43.9 Å². The Kier molecular flexibility index (Phi) is 4.82. The molecule has 0 bridgehead atoms. The number of amides is 1. The Morgan fingerprint density at radius 2 is 2.10 bits per heavy atom. The Morgan fingerprint density at radius 3 is 2.65 bits per heavy atom. The summed E-state index contributed by atoms with van der Waals surface area (Å²) in [7, 11) is 1.62. The second-order valence-corrected chi connectivity index (χ2v) is 5.86. The quantitative estimate of drug-likeness (QED) is 0.867. The van der Waals surface area contributed by atoms with E-state index in [0.29, 0.717) is 17.4 Å². The van der Waals surface area contributed by atoms with Crippen molar-refractivity contribution < 1.29 is 4.79 Å². The lowest BCUT2D eigenvalue weighted by molar-refractivity contribution is 0.0964. The van der Waals surface area contributed by atoms with E-state index in [0.717, 1.165) is 37.6 Å². The SMILES string of the molecule is CCC(C)N1CCN(c2snc(N)c2C(=O)NC)CC1. The van der Waals surface area contributed by atoms with Crippen LogP contribution in [0, 0.1) is 0 Å². The van der Waals surface area contributed by atoms with Crippen molar-refractivity contribution in [2.45, 2.75) is 26.3 Å². The molecule has 112 valence electrons. The van der Waals surface area contributed by atoms with Gasteiger partial charge in [0.1, 0.15) is 10.6 Å². The van der Waals surface area contributed by atoms with Crippen LogP contribution in [0.5, 0.6) is 0 Å². The highest BCUT2D eigenvalue weighted by molar-refractivity contribution is 7.11. The minimum atomic E-state index is -0.157. The molecule has 1 aromatic rings. The first-order valence-corrected chi connectivity index (χ1v) is 7.82. The Labute approximate surface area is 124 Å². The van der Waals surface area contributed by atoms with Crippen LogP contribution in [0.25, 0.3) is 0 Å². The molecule has 1 aliphatic rings. The fraction of sp³-hybridized carbons (Fsp3) is 0.692. The molecule has 7 heteroatoms. The molecule has 20 heavy (non-hydrogen) atoms. The minimum Gasteiger partial charge on any atom is -0.382 e. The topological polar surface area (TPSA) is 74.5 Å². The number of anilines is 2. The van der Waals surface area contributed by atoms with Crippen molar-refractivity contribution in [1.29, 1.82) is 0 Å². The second-order valence-electron chi connectivity index (χ2n) is 5.11. The molecule has 3 N–H and O–H groups in total. The number of nitrogens with zero attached hydrogens (tertiary/aromatic N) is 3. The predicted octanol–water partition coefficient (Wildman–Crippen LogP) is 1.01. The third-order valence-corrected chi connectivity index (χ3v) is 4.89. The van der Waals surface area contributed by atoms with E-state index < -0.39 is 0 Å². The molecular formula is C13H23N5OS. The molecule has 0 saturated carbocycles. The standard InChI is InChI=1S/C13H23N5OS/c1-4-9(2)17-5-7-18(8-6-17)13-10(12(19)15-3)11(14)16-20-13/h9H,4-8H2,1-3H3,(H2,14,16)(H,15,19). The highest BCUT2D eigenvalue weighted by Gasteiger charge is 2.26. The smallest absolute Gasteiger partial charge is 0.257 e. The van der Waals surface area contributed by atoms with E-state index in [4.69, 9.17) is 5.73 Å². The Hall–Kier alpha value is -1.34. The van der Waals surface area contributed by atoms with Gasteiger partial charge in [-0.05, 0) is 24.9 Å². The average molecular weight is 297 g/mol. The Morgan fingerprint density at radius 1 is 1.45 bits per heavy atom. The number of nitrogens with one attached hydrogen (secondary N) is 1. The highest BCUT2D eigenvalue weighted by Crippen LogP contribution is 2.31. The van der Waals surface area contributed by atoms with Crippen LogP contribution in [0.1, 0.15) is 30.6 Å². The van der Waals surface area contributed by atoms with Crippen molar-refractivity contribution in [2.24, 2.45) is 0 Å². The van der Waals surface area contributed by atoms with Gasteiger partial charge in [-0.1, -0.05) is 6.92 Å². The largest absolute Gasteiger partial charge is 0.382 e. The maximum atomic E-state index is 11.9. The summed E-state index contributed by atoms with van der Waals surface area (Å²) in [5.74, 6) is 0.171. The number of nitrogens with two attached hydrogens (primary N) is 1. The summed E-state index contributed by atoms with van der Waals surface area (Å²) < 4.78 is 4.13. The molecule has 6 nitrogen and oxygen atoms in total. The third-order valence-electron chi connectivity index (χ3n) is 3.97. The fourth-order valence-electron chi connectivity index (χ4n) is 2.47. The van der Waals surface area contributed by atoms with Gasteiger partial charge >= 0.3 is 0 Å². The zero-order chi connectivity index (χ0) is 14.7. The van der Waals surface area contributed by atoms with Gasteiger partial charge < -0.3 is 16.0 Å². The normalized spacial score (nSPS) is 18.1. The molecule has 2 rings (SSSR count). The molecule has 1 amide bonds. The third kappa shape index (κ3) is 2.88. The molecule has 1 aliphatic heterocycles. The summed E-state index contributed by atoms with van der Waals surface area (Å²) in [5.41, 5.74) is 6.35. The summed E-state index contributed by atoms with van der Waals surface area (Å²) in [4.78, 5) is 16.6. The van der Waals surface area contributed by atoms with Gasteiger partial charge in [0.25, 0.3) is 5.91 Å². The van der Waals surface area contributed by atoms with Crippen LogP contribution in [0.4, 0.5) is 10.8 Å². The van der Waals surface area contributed by atoms with Crippen molar-refractivity contribution in [3.63, 3.8) is 0 Å². The van der Waals surface area contributed by atoms with Crippen LogP contribution in [0.15, 0.2) is 0 Å². The van der Waals surface area contributed by atoms with E-state index in [1.54, 1.807) is 7.05 Å². The fourth-order valence-corrected chi connectivity index (χ4v) is 3.33. The average Bonchev–Trinajstić information content (AvgIpc) is 2.87. The van der Waals surface area contributed by atoms with Crippen LogP contribution in [0.3, 0.4) is 0 Å². The van der Waals surface area contributed by atoms with E-state index >= 15 is 0 Å². The summed E-state index contributed by atoms with van der Waals surface area (Å²) in [6.07, 6.45) is 1.16. The zero-order valence-electron chi connectivity index (χ0n) is 12.3. The molecule has 0 spiro atoms. The molecule has 1 fully saturated rings. The summed E-state index contributed by atoms with van der Waals surface area (Å²) in [6, 6.07) is 0.613. The van der Waals surface area contributed by atoms with Gasteiger partial charge in [0.05, 0.1) is 0 Å². The number of hydrogen-bond donors (Lipinski definition) is 2. The van der Waals surface area contributed by atoms with Gasteiger partial charge in [0, 0.05) is 39.3 Å². The van der Waals surface area contributed by atoms with Gasteiger partial charge in [-0.2, -0.15) is 4.37 Å². The monoisotopic (exact) mass is 297 g/mol. The van der Waals surface area contributed by atoms with Gasteiger partial charge in [0.2, 0.25) is 0 Å². The van der Waals surface area contributed by atoms with Crippen molar-refractivity contribution >= 4 is 28.3 Å². The second kappa shape index (κ2) is 6.41. The number of nitrogen functional groups attached to an aromatic ring is 1. The van der Waals surface area contributed by atoms with Crippen molar-refractivity contribution in [3.05, 3.63) is 5.56 Å². The maximum absolute atomic E-state index is 11.9. The number of hydrogen-bond acceptors (Lipinski definition) is 6. The summed E-state index contributed by atoms with van der Waals surface area (Å²) >= 11 is 1.31. The van der Waals surface area contributed by atoms with Gasteiger partial charge in [-0.15, -0.1) is 0 Å².